The fraction of sp³-hybridized carbons (Fsp3) is 0.870. The van der Waals surface area contributed by atoms with E-state index in [1.807, 2.05) is 34.6 Å². The van der Waals surface area contributed by atoms with Gasteiger partial charge in [-0.3, -0.25) is 4.79 Å². The molecule has 0 aliphatic carbocycles. The average Bonchev–Trinajstić information content (AvgIpc) is 2.31. The smallest absolute Gasteiger partial charge is 0.306 e. The lowest BCUT2D eigenvalue weighted by Gasteiger charge is -2.35. The zero-order valence-corrected chi connectivity index (χ0v) is 19.8. The van der Waals surface area contributed by atoms with Crippen LogP contribution in [0.15, 0.2) is 12.3 Å². The van der Waals surface area contributed by atoms with Crippen LogP contribution >= 0.6 is 0 Å². The summed E-state index contributed by atoms with van der Waals surface area (Å²) in [6.45, 7) is 29.1. The van der Waals surface area contributed by atoms with Crippen molar-refractivity contribution in [3.05, 3.63) is 12.3 Å². The Morgan fingerprint density at radius 3 is 1.35 bits per heavy atom. The lowest BCUT2D eigenvalue weighted by molar-refractivity contribution is -0.161. The van der Waals surface area contributed by atoms with Crippen LogP contribution in [0.4, 0.5) is 0 Å². The van der Waals surface area contributed by atoms with Gasteiger partial charge < -0.3 is 9.47 Å². The number of ether oxygens (including phenoxy) is 2. The molecule has 0 saturated carbocycles. The monoisotopic (exact) mass is 370 g/mol. The zero-order valence-electron chi connectivity index (χ0n) is 19.8. The lowest BCUT2D eigenvalue weighted by Crippen LogP contribution is -2.38. The third kappa shape index (κ3) is 17.8. The number of allylic oxidation sites excluding steroid dienone is 1. The van der Waals surface area contributed by atoms with E-state index in [0.717, 1.165) is 12.2 Å². The SMILES string of the molecule is C=C(CC)OC(C)(C)CC(C)(C)OC(=O)CC.CC(C)(C)CC(C)(C)C. The Morgan fingerprint density at radius 1 is 0.692 bits per heavy atom. The molecule has 26 heavy (non-hydrogen) atoms. The molecule has 156 valence electrons. The number of carbonyl (C=O) groups is 1. The predicted molar refractivity (Wildman–Crippen MR) is 113 cm³/mol. The third-order valence-electron chi connectivity index (χ3n) is 3.41. The van der Waals surface area contributed by atoms with E-state index in [2.05, 4.69) is 48.1 Å². The maximum atomic E-state index is 11.3. The van der Waals surface area contributed by atoms with Gasteiger partial charge in [-0.1, -0.05) is 62.0 Å². The second kappa shape index (κ2) is 10.4. The van der Waals surface area contributed by atoms with Crippen LogP contribution in [0.1, 0.15) is 109 Å². The van der Waals surface area contributed by atoms with E-state index in [4.69, 9.17) is 9.47 Å². The van der Waals surface area contributed by atoms with Gasteiger partial charge in [0.05, 0.1) is 5.76 Å². The highest BCUT2D eigenvalue weighted by Gasteiger charge is 2.33. The molecule has 0 aromatic heterocycles. The summed E-state index contributed by atoms with van der Waals surface area (Å²) >= 11 is 0. The van der Waals surface area contributed by atoms with E-state index < -0.39 is 5.60 Å². The Labute approximate surface area is 163 Å². The summed E-state index contributed by atoms with van der Waals surface area (Å²) in [6, 6.07) is 0. The van der Waals surface area contributed by atoms with Gasteiger partial charge >= 0.3 is 5.97 Å². The van der Waals surface area contributed by atoms with Crippen molar-refractivity contribution in [2.24, 2.45) is 10.8 Å². The number of esters is 1. The van der Waals surface area contributed by atoms with Crippen LogP contribution in [0.3, 0.4) is 0 Å². The van der Waals surface area contributed by atoms with Crippen molar-refractivity contribution >= 4 is 5.97 Å². The van der Waals surface area contributed by atoms with Crippen LogP contribution in [0.25, 0.3) is 0 Å². The second-order valence-electron chi connectivity index (χ2n) is 10.8. The molecule has 0 unspecified atom stereocenters. The van der Waals surface area contributed by atoms with Crippen LogP contribution < -0.4 is 0 Å². The molecule has 0 fully saturated rings. The van der Waals surface area contributed by atoms with Gasteiger partial charge in [-0.25, -0.2) is 0 Å². The van der Waals surface area contributed by atoms with Crippen molar-refractivity contribution in [1.29, 1.82) is 0 Å². The summed E-state index contributed by atoms with van der Waals surface area (Å²) in [4.78, 5) is 11.3. The maximum absolute atomic E-state index is 11.3. The first-order valence-corrected chi connectivity index (χ1v) is 9.91. The molecule has 0 aliphatic rings. The molecular formula is C23H46O3. The van der Waals surface area contributed by atoms with Crippen LogP contribution in [0.5, 0.6) is 0 Å². The standard InChI is InChI=1S/C14H26O3.C9H20/c1-8-11(3)16-13(4,5)10-14(6,7)17-12(15)9-2;1-8(2,3)7-9(4,5)6/h3,8-10H2,1-2,4-7H3;7H2,1-6H3. The highest BCUT2D eigenvalue weighted by Crippen LogP contribution is 2.32. The van der Waals surface area contributed by atoms with E-state index in [0.29, 0.717) is 23.7 Å². The summed E-state index contributed by atoms with van der Waals surface area (Å²) in [6.07, 6.45) is 3.11. The first-order valence-electron chi connectivity index (χ1n) is 9.91. The van der Waals surface area contributed by atoms with Crippen molar-refractivity contribution in [3.63, 3.8) is 0 Å². The molecule has 0 atom stereocenters. The van der Waals surface area contributed by atoms with Crippen molar-refractivity contribution in [1.82, 2.24) is 0 Å². The lowest BCUT2D eigenvalue weighted by atomic mass is 9.78. The Kier molecular flexibility index (Phi) is 10.9. The quantitative estimate of drug-likeness (QED) is 0.348. The number of hydrogen-bond donors (Lipinski definition) is 0. The second-order valence-corrected chi connectivity index (χ2v) is 10.8. The van der Waals surface area contributed by atoms with Gasteiger partial charge in [0.25, 0.3) is 0 Å². The Bertz CT molecular complexity index is 391. The molecule has 0 aromatic rings. The minimum absolute atomic E-state index is 0.180. The molecule has 0 N–H and O–H groups in total. The number of carbonyl (C=O) groups excluding carboxylic acids is 1. The molecule has 3 heteroatoms. The summed E-state index contributed by atoms with van der Waals surface area (Å²) < 4.78 is 11.1. The summed E-state index contributed by atoms with van der Waals surface area (Å²) in [5, 5.41) is 0. The van der Waals surface area contributed by atoms with Gasteiger partial charge in [-0.15, -0.1) is 0 Å². The fourth-order valence-electron chi connectivity index (χ4n) is 3.53. The highest BCUT2D eigenvalue weighted by molar-refractivity contribution is 5.69. The van der Waals surface area contributed by atoms with Crippen LogP contribution in [-0.4, -0.2) is 17.2 Å². The normalized spacial score (nSPS) is 12.8. The Hall–Kier alpha value is -0.990. The molecular weight excluding hydrogens is 324 g/mol. The van der Waals surface area contributed by atoms with Gasteiger partial charge in [-0.2, -0.15) is 0 Å². The molecule has 0 radical (unpaired) electrons. The van der Waals surface area contributed by atoms with Gasteiger partial charge in [0.2, 0.25) is 0 Å². The molecule has 0 rings (SSSR count). The largest absolute Gasteiger partial charge is 0.493 e. The highest BCUT2D eigenvalue weighted by atomic mass is 16.6. The number of rotatable bonds is 7. The minimum atomic E-state index is -0.523. The maximum Gasteiger partial charge on any atom is 0.306 e. The van der Waals surface area contributed by atoms with Crippen LogP contribution in [0, 0.1) is 10.8 Å². The minimum Gasteiger partial charge on any atom is -0.493 e. The Morgan fingerprint density at radius 2 is 1.08 bits per heavy atom. The van der Waals surface area contributed by atoms with E-state index >= 15 is 0 Å². The fourth-order valence-corrected chi connectivity index (χ4v) is 3.53. The topological polar surface area (TPSA) is 35.5 Å². The van der Waals surface area contributed by atoms with Crippen molar-refractivity contribution < 1.29 is 14.3 Å². The van der Waals surface area contributed by atoms with Gasteiger partial charge in [0.1, 0.15) is 11.2 Å². The van der Waals surface area contributed by atoms with E-state index in [-0.39, 0.29) is 11.6 Å². The van der Waals surface area contributed by atoms with Crippen molar-refractivity contribution in [2.75, 3.05) is 0 Å². The zero-order chi connectivity index (χ0) is 21.4. The molecule has 3 nitrogen and oxygen atoms in total. The van der Waals surface area contributed by atoms with E-state index in [9.17, 15) is 4.79 Å². The van der Waals surface area contributed by atoms with Gasteiger partial charge in [-0.05, 0) is 44.9 Å². The molecule has 0 heterocycles. The molecule has 0 aliphatic heterocycles. The molecule has 0 aromatic carbocycles. The van der Waals surface area contributed by atoms with Gasteiger partial charge in [0, 0.05) is 19.3 Å². The molecule has 0 spiro atoms. The molecule has 0 saturated heterocycles. The summed E-state index contributed by atoms with van der Waals surface area (Å²) in [5.74, 6) is 0.577. The summed E-state index contributed by atoms with van der Waals surface area (Å²) in [7, 11) is 0. The average molecular weight is 371 g/mol. The van der Waals surface area contributed by atoms with E-state index in [1.165, 1.54) is 6.42 Å². The van der Waals surface area contributed by atoms with E-state index in [1.54, 1.807) is 6.92 Å². The third-order valence-corrected chi connectivity index (χ3v) is 3.41. The summed E-state index contributed by atoms with van der Waals surface area (Å²) in [5.41, 5.74) is 0.0612. The predicted octanol–water partition coefficient (Wildman–Crippen LogP) is 7.30. The first-order chi connectivity index (χ1) is 11.3. The number of hydrogen-bond acceptors (Lipinski definition) is 3. The van der Waals surface area contributed by atoms with Crippen LogP contribution in [-0.2, 0) is 14.3 Å². The Balaban J connectivity index is 0. The van der Waals surface area contributed by atoms with Crippen LogP contribution in [0.2, 0.25) is 0 Å². The van der Waals surface area contributed by atoms with Gasteiger partial charge in [0.15, 0.2) is 0 Å². The van der Waals surface area contributed by atoms with Crippen molar-refractivity contribution in [3.8, 4) is 0 Å². The first kappa shape index (κ1) is 27.2. The molecule has 0 bridgehead atoms. The van der Waals surface area contributed by atoms with Crippen molar-refractivity contribution in [2.45, 2.75) is 120 Å². The molecule has 0 amide bonds.